The number of carbonyl (C=O) groups is 1. The molecule has 0 saturated heterocycles. The number of hydrogen-bond donors (Lipinski definition) is 2. The number of carbonyl (C=O) groups excluding carboxylic acids is 1. The van der Waals surface area contributed by atoms with Crippen LogP contribution in [0, 0.1) is 0 Å². The van der Waals surface area contributed by atoms with E-state index in [4.69, 9.17) is 4.74 Å². The molecule has 0 saturated carbocycles. The van der Waals surface area contributed by atoms with Crippen LogP contribution in [0.5, 0.6) is 5.75 Å². The van der Waals surface area contributed by atoms with E-state index in [0.717, 1.165) is 10.9 Å². The first-order valence-electron chi connectivity index (χ1n) is 8.13. The van der Waals surface area contributed by atoms with Crippen LogP contribution in [0.25, 0.3) is 10.8 Å². The van der Waals surface area contributed by atoms with Crippen molar-refractivity contribution in [3.8, 4) is 5.75 Å². The van der Waals surface area contributed by atoms with Gasteiger partial charge in [0, 0.05) is 18.1 Å². The summed E-state index contributed by atoms with van der Waals surface area (Å²) < 4.78 is 31.7. The molecule has 9 nitrogen and oxygen atoms in total. The van der Waals surface area contributed by atoms with Gasteiger partial charge in [-0.1, -0.05) is 18.2 Å². The molecule has 0 bridgehead atoms. The number of benzene rings is 2. The van der Waals surface area contributed by atoms with Crippen molar-refractivity contribution in [1.82, 2.24) is 9.78 Å². The number of sulfonamides is 1. The van der Waals surface area contributed by atoms with Crippen molar-refractivity contribution in [1.29, 1.82) is 0 Å². The molecule has 146 valence electrons. The number of rotatable bonds is 5. The van der Waals surface area contributed by atoms with E-state index in [1.165, 1.54) is 26.3 Å². The lowest BCUT2D eigenvalue weighted by molar-refractivity contribution is 0.102. The van der Waals surface area contributed by atoms with Gasteiger partial charge in [0.05, 0.1) is 24.4 Å². The second-order valence-corrected chi connectivity index (χ2v) is 7.81. The van der Waals surface area contributed by atoms with Gasteiger partial charge in [-0.3, -0.25) is 14.3 Å². The summed E-state index contributed by atoms with van der Waals surface area (Å²) in [6.45, 7) is 0. The van der Waals surface area contributed by atoms with Crippen LogP contribution in [0.2, 0.25) is 0 Å². The van der Waals surface area contributed by atoms with E-state index in [1.807, 2.05) is 0 Å². The number of aryl methyl sites for hydroxylation is 1. The predicted octanol–water partition coefficient (Wildman–Crippen LogP) is 1.57. The van der Waals surface area contributed by atoms with Gasteiger partial charge in [-0.2, -0.15) is 5.10 Å². The highest BCUT2D eigenvalue weighted by atomic mass is 32.2. The maximum atomic E-state index is 12.8. The molecule has 0 aliphatic heterocycles. The molecule has 3 rings (SSSR count). The maximum Gasteiger partial charge on any atom is 0.276 e. The zero-order chi connectivity index (χ0) is 20.5. The minimum atomic E-state index is -3.54. The van der Waals surface area contributed by atoms with E-state index in [9.17, 15) is 18.0 Å². The van der Waals surface area contributed by atoms with Crippen LogP contribution in [0.3, 0.4) is 0 Å². The Balaban J connectivity index is 2.00. The first-order chi connectivity index (χ1) is 13.2. The molecular formula is C18H18N4O5S. The van der Waals surface area contributed by atoms with Gasteiger partial charge in [0.15, 0.2) is 5.69 Å². The SMILES string of the molecule is COc1ccc(NC(=O)c2nn(C)c(=O)c3ccccc23)cc1NS(C)(=O)=O. The Bertz CT molecular complexity index is 1230. The number of hydrogen-bond acceptors (Lipinski definition) is 6. The average Bonchev–Trinajstić information content (AvgIpc) is 2.63. The topological polar surface area (TPSA) is 119 Å². The molecule has 10 heteroatoms. The summed E-state index contributed by atoms with van der Waals surface area (Å²) >= 11 is 0. The normalized spacial score (nSPS) is 11.2. The van der Waals surface area contributed by atoms with Crippen molar-refractivity contribution in [3.05, 3.63) is 58.5 Å². The Hall–Kier alpha value is -3.40. The number of methoxy groups -OCH3 is 1. The van der Waals surface area contributed by atoms with E-state index in [2.05, 4.69) is 15.1 Å². The highest BCUT2D eigenvalue weighted by Crippen LogP contribution is 2.29. The Labute approximate surface area is 161 Å². The predicted molar refractivity (Wildman–Crippen MR) is 106 cm³/mol. The molecular weight excluding hydrogens is 384 g/mol. The minimum Gasteiger partial charge on any atom is -0.495 e. The Morgan fingerprint density at radius 2 is 1.82 bits per heavy atom. The van der Waals surface area contributed by atoms with Gasteiger partial charge >= 0.3 is 0 Å². The number of aromatic nitrogens is 2. The molecule has 1 aromatic heterocycles. The molecule has 0 radical (unpaired) electrons. The summed E-state index contributed by atoms with van der Waals surface area (Å²) in [5.41, 5.74) is 0.278. The van der Waals surface area contributed by atoms with E-state index in [0.29, 0.717) is 22.2 Å². The number of amides is 1. The van der Waals surface area contributed by atoms with Gasteiger partial charge in [-0.15, -0.1) is 0 Å². The summed E-state index contributed by atoms with van der Waals surface area (Å²) in [4.78, 5) is 25.0. The van der Waals surface area contributed by atoms with Gasteiger partial charge in [-0.25, -0.2) is 13.1 Å². The maximum absolute atomic E-state index is 12.8. The third-order valence-electron chi connectivity index (χ3n) is 3.92. The summed E-state index contributed by atoms with van der Waals surface area (Å²) in [5.74, 6) is -0.239. The number of nitrogens with zero attached hydrogens (tertiary/aromatic N) is 2. The molecule has 0 spiro atoms. The minimum absolute atomic E-state index is 0.0751. The monoisotopic (exact) mass is 402 g/mol. The molecule has 28 heavy (non-hydrogen) atoms. The second-order valence-electron chi connectivity index (χ2n) is 6.07. The van der Waals surface area contributed by atoms with Crippen LogP contribution in [0.15, 0.2) is 47.3 Å². The van der Waals surface area contributed by atoms with Crippen molar-refractivity contribution in [2.45, 2.75) is 0 Å². The zero-order valence-electron chi connectivity index (χ0n) is 15.4. The Morgan fingerprint density at radius 1 is 1.14 bits per heavy atom. The van der Waals surface area contributed by atoms with Crippen molar-refractivity contribution >= 4 is 38.1 Å². The first-order valence-corrected chi connectivity index (χ1v) is 10.0. The van der Waals surface area contributed by atoms with E-state index < -0.39 is 15.9 Å². The van der Waals surface area contributed by atoms with Gasteiger partial charge in [0.2, 0.25) is 10.0 Å². The number of ether oxygens (including phenoxy) is 1. The van der Waals surface area contributed by atoms with E-state index >= 15 is 0 Å². The van der Waals surface area contributed by atoms with Crippen molar-refractivity contribution < 1.29 is 17.9 Å². The Morgan fingerprint density at radius 3 is 2.46 bits per heavy atom. The third kappa shape index (κ3) is 3.96. The summed E-state index contributed by atoms with van der Waals surface area (Å²) in [7, 11) is -0.670. The number of fused-ring (bicyclic) bond motifs is 1. The molecule has 0 aliphatic rings. The quantitative estimate of drug-likeness (QED) is 0.668. The largest absolute Gasteiger partial charge is 0.495 e. The lowest BCUT2D eigenvalue weighted by atomic mass is 10.1. The number of nitrogens with one attached hydrogen (secondary N) is 2. The summed E-state index contributed by atoms with van der Waals surface area (Å²) in [6, 6.07) is 11.2. The fraction of sp³-hybridized carbons (Fsp3) is 0.167. The van der Waals surface area contributed by atoms with Crippen molar-refractivity contribution in [2.75, 3.05) is 23.4 Å². The second kappa shape index (κ2) is 7.31. The van der Waals surface area contributed by atoms with Crippen LogP contribution in [-0.4, -0.2) is 37.5 Å². The van der Waals surface area contributed by atoms with Gasteiger partial charge in [-0.05, 0) is 24.3 Å². The zero-order valence-corrected chi connectivity index (χ0v) is 16.2. The molecule has 0 fully saturated rings. The van der Waals surface area contributed by atoms with Crippen molar-refractivity contribution in [2.24, 2.45) is 7.05 Å². The lowest BCUT2D eigenvalue weighted by Gasteiger charge is -2.13. The summed E-state index contributed by atoms with van der Waals surface area (Å²) in [5, 5.41) is 7.53. The molecule has 1 amide bonds. The summed E-state index contributed by atoms with van der Waals surface area (Å²) in [6.07, 6.45) is 1.01. The first kappa shape index (κ1) is 19.4. The highest BCUT2D eigenvalue weighted by Gasteiger charge is 2.17. The van der Waals surface area contributed by atoms with E-state index in [1.54, 1.807) is 30.3 Å². The molecule has 0 aliphatic carbocycles. The van der Waals surface area contributed by atoms with Crippen LogP contribution < -0.4 is 20.3 Å². The molecule has 0 unspecified atom stereocenters. The molecule has 2 N–H and O–H groups in total. The highest BCUT2D eigenvalue weighted by molar-refractivity contribution is 7.92. The van der Waals surface area contributed by atoms with Crippen molar-refractivity contribution in [3.63, 3.8) is 0 Å². The van der Waals surface area contributed by atoms with Gasteiger partial charge in [0.1, 0.15) is 5.75 Å². The van der Waals surface area contributed by atoms with Crippen LogP contribution in [0.4, 0.5) is 11.4 Å². The van der Waals surface area contributed by atoms with Gasteiger partial charge < -0.3 is 10.1 Å². The molecule has 0 atom stereocenters. The molecule has 2 aromatic carbocycles. The van der Waals surface area contributed by atoms with Crippen LogP contribution >= 0.6 is 0 Å². The fourth-order valence-corrected chi connectivity index (χ4v) is 3.28. The number of anilines is 2. The Kier molecular flexibility index (Phi) is 5.06. The van der Waals surface area contributed by atoms with Crippen LogP contribution in [0.1, 0.15) is 10.5 Å². The van der Waals surface area contributed by atoms with Crippen LogP contribution in [-0.2, 0) is 17.1 Å². The molecule has 3 aromatic rings. The average molecular weight is 402 g/mol. The molecule has 1 heterocycles. The lowest BCUT2D eigenvalue weighted by Crippen LogP contribution is -2.25. The third-order valence-corrected chi connectivity index (χ3v) is 4.51. The standard InChI is InChI=1S/C18H18N4O5S/c1-22-18(24)13-7-5-4-6-12(13)16(20-22)17(23)19-11-8-9-15(27-2)14(10-11)21-28(3,25)26/h4-10,21H,1-3H3,(H,19,23). The smallest absolute Gasteiger partial charge is 0.276 e. The van der Waals surface area contributed by atoms with E-state index in [-0.39, 0.29) is 16.9 Å². The fourth-order valence-electron chi connectivity index (χ4n) is 2.72. The van der Waals surface area contributed by atoms with Gasteiger partial charge in [0.25, 0.3) is 11.5 Å².